The van der Waals surface area contributed by atoms with E-state index in [0.717, 1.165) is 44.0 Å². The smallest absolute Gasteiger partial charge is 0.386 e. The largest absolute Gasteiger partial charge is 0.433 e. The van der Waals surface area contributed by atoms with Crippen molar-refractivity contribution in [3.8, 4) is 6.07 Å². The number of amides is 1. The quantitative estimate of drug-likeness (QED) is 0.355. The van der Waals surface area contributed by atoms with Gasteiger partial charge in [-0.2, -0.15) is 18.4 Å². The van der Waals surface area contributed by atoms with E-state index in [2.05, 4.69) is 21.7 Å². The Kier molecular flexibility index (Phi) is 6.39. The lowest BCUT2D eigenvalue weighted by atomic mass is 9.85. The molecule has 0 saturated heterocycles. The maximum atomic E-state index is 12.5. The van der Waals surface area contributed by atoms with E-state index < -0.39 is 17.8 Å². The summed E-state index contributed by atoms with van der Waals surface area (Å²) < 4.78 is 37.6. The number of carbonyl (C=O) groups excluding carboxylic acids is 1. The summed E-state index contributed by atoms with van der Waals surface area (Å²) in [6.45, 7) is 0. The third-order valence-electron chi connectivity index (χ3n) is 4.23. The van der Waals surface area contributed by atoms with Crippen LogP contribution in [-0.2, 0) is 11.0 Å². The molecular weight excluding hydrogens is 361 g/mol. The standard InChI is InChI=1S/C17H19F3N6O/c18-17(19,20)14-6-5-11(8-25-14)26-15(22)12(16(23)27)9-24-13-4-2-1-3-10(13)7-21/h5-6,8-10,13,24H,1-4H2,(H2,22,26)(H2,23,27)/b12-9+/t10?,13-/m0/s1. The molecule has 1 fully saturated rings. The van der Waals surface area contributed by atoms with Gasteiger partial charge in [0.1, 0.15) is 11.5 Å². The maximum Gasteiger partial charge on any atom is 0.433 e. The van der Waals surface area contributed by atoms with E-state index in [1.807, 2.05) is 0 Å². The number of amidine groups is 1. The van der Waals surface area contributed by atoms with Crippen LogP contribution < -0.4 is 16.4 Å². The number of anilines is 1. The molecule has 1 saturated carbocycles. The number of hydrogen-bond donors (Lipinski definition) is 4. The number of nitrogens with zero attached hydrogens (tertiary/aromatic N) is 2. The molecule has 1 unspecified atom stereocenters. The number of carbonyl (C=O) groups is 1. The summed E-state index contributed by atoms with van der Waals surface area (Å²) in [6.07, 6.45) is 1.03. The number of nitriles is 1. The Morgan fingerprint density at radius 1 is 1.37 bits per heavy atom. The van der Waals surface area contributed by atoms with Crippen molar-refractivity contribution in [3.05, 3.63) is 35.8 Å². The third-order valence-corrected chi connectivity index (χ3v) is 4.23. The van der Waals surface area contributed by atoms with Crippen LogP contribution in [0.4, 0.5) is 18.9 Å². The second-order valence-corrected chi connectivity index (χ2v) is 6.15. The first kappa shape index (κ1) is 20.2. The number of halogens is 3. The lowest BCUT2D eigenvalue weighted by Crippen LogP contribution is -2.36. The number of rotatable bonds is 5. The highest BCUT2D eigenvalue weighted by atomic mass is 19.4. The van der Waals surface area contributed by atoms with E-state index in [1.165, 1.54) is 6.20 Å². The monoisotopic (exact) mass is 380 g/mol. The van der Waals surface area contributed by atoms with Crippen LogP contribution in [0.15, 0.2) is 30.1 Å². The van der Waals surface area contributed by atoms with Gasteiger partial charge in [0.25, 0.3) is 5.91 Å². The molecule has 1 aromatic rings. The summed E-state index contributed by atoms with van der Waals surface area (Å²) in [6, 6.07) is 3.93. The van der Waals surface area contributed by atoms with Crippen molar-refractivity contribution in [1.82, 2.24) is 10.3 Å². The molecule has 0 spiro atoms. The second kappa shape index (κ2) is 8.53. The highest BCUT2D eigenvalue weighted by Crippen LogP contribution is 2.28. The molecule has 2 atom stereocenters. The van der Waals surface area contributed by atoms with Crippen molar-refractivity contribution >= 4 is 17.4 Å². The van der Waals surface area contributed by atoms with Gasteiger partial charge in [-0.25, -0.2) is 4.98 Å². The molecule has 1 aromatic heterocycles. The van der Waals surface area contributed by atoms with Crippen molar-refractivity contribution in [1.29, 1.82) is 10.7 Å². The van der Waals surface area contributed by atoms with Gasteiger partial charge >= 0.3 is 6.18 Å². The van der Waals surface area contributed by atoms with Gasteiger partial charge in [-0.15, -0.1) is 0 Å². The van der Waals surface area contributed by atoms with Crippen LogP contribution in [-0.4, -0.2) is 22.8 Å². The van der Waals surface area contributed by atoms with Gasteiger partial charge in [0.2, 0.25) is 0 Å². The normalized spacial score (nSPS) is 20.4. The topological polar surface area (TPSA) is 128 Å². The third kappa shape index (κ3) is 5.44. The first-order chi connectivity index (χ1) is 12.7. The van der Waals surface area contributed by atoms with Crippen LogP contribution in [0.2, 0.25) is 0 Å². The fourth-order valence-corrected chi connectivity index (χ4v) is 2.79. The van der Waals surface area contributed by atoms with Crippen LogP contribution in [0, 0.1) is 22.7 Å². The average molecular weight is 380 g/mol. The number of aromatic nitrogens is 1. The van der Waals surface area contributed by atoms with Gasteiger partial charge in [0.15, 0.2) is 0 Å². The lowest BCUT2D eigenvalue weighted by Gasteiger charge is -2.27. The van der Waals surface area contributed by atoms with Crippen LogP contribution in [0.5, 0.6) is 0 Å². The number of alkyl halides is 3. The fourth-order valence-electron chi connectivity index (χ4n) is 2.79. The lowest BCUT2D eigenvalue weighted by molar-refractivity contribution is -0.141. The molecule has 27 heavy (non-hydrogen) atoms. The van der Waals surface area contributed by atoms with Gasteiger partial charge in [-0.1, -0.05) is 12.8 Å². The SMILES string of the molecule is N#CC1CCCC[C@@H]1N/C=C(\C(=N)Nc1ccc(C(F)(F)F)nc1)C(N)=O. The molecule has 5 N–H and O–H groups in total. The maximum absolute atomic E-state index is 12.5. The minimum atomic E-state index is -4.56. The minimum Gasteiger partial charge on any atom is -0.386 e. The summed E-state index contributed by atoms with van der Waals surface area (Å²) in [7, 11) is 0. The number of primary amides is 1. The van der Waals surface area contributed by atoms with E-state index in [0.29, 0.717) is 0 Å². The van der Waals surface area contributed by atoms with E-state index >= 15 is 0 Å². The Morgan fingerprint density at radius 2 is 2.07 bits per heavy atom. The minimum absolute atomic E-state index is 0.104. The molecule has 10 heteroatoms. The number of nitrogens with one attached hydrogen (secondary N) is 3. The Bertz CT molecular complexity index is 766. The predicted molar refractivity (Wildman–Crippen MR) is 92.4 cm³/mol. The first-order valence-corrected chi connectivity index (χ1v) is 8.27. The number of hydrogen-bond acceptors (Lipinski definition) is 5. The number of pyridine rings is 1. The zero-order chi connectivity index (χ0) is 20.0. The molecular formula is C17H19F3N6O. The van der Waals surface area contributed by atoms with Crippen LogP contribution in [0.25, 0.3) is 0 Å². The molecule has 0 aliphatic heterocycles. The van der Waals surface area contributed by atoms with E-state index in [1.54, 1.807) is 0 Å². The first-order valence-electron chi connectivity index (χ1n) is 8.27. The molecule has 2 rings (SSSR count). The summed E-state index contributed by atoms with van der Waals surface area (Å²) >= 11 is 0. The molecule has 0 radical (unpaired) electrons. The average Bonchev–Trinajstić information content (AvgIpc) is 2.61. The molecule has 1 aliphatic carbocycles. The molecule has 1 aliphatic rings. The van der Waals surface area contributed by atoms with E-state index in [-0.39, 0.29) is 29.1 Å². The summed E-state index contributed by atoms with van der Waals surface area (Å²) in [5.41, 5.74) is 4.16. The van der Waals surface area contributed by atoms with Crippen LogP contribution >= 0.6 is 0 Å². The van der Waals surface area contributed by atoms with Gasteiger partial charge in [0.05, 0.1) is 29.4 Å². The van der Waals surface area contributed by atoms with Gasteiger partial charge in [0, 0.05) is 12.2 Å². The van der Waals surface area contributed by atoms with Gasteiger partial charge in [-0.05, 0) is 25.0 Å². The van der Waals surface area contributed by atoms with Gasteiger partial charge in [-0.3, -0.25) is 10.2 Å². The van der Waals surface area contributed by atoms with Crippen molar-refractivity contribution in [2.45, 2.75) is 37.9 Å². The second-order valence-electron chi connectivity index (χ2n) is 6.15. The fraction of sp³-hybridized carbons (Fsp3) is 0.412. The summed E-state index contributed by atoms with van der Waals surface area (Å²) in [5, 5.41) is 22.6. The molecule has 1 heterocycles. The Morgan fingerprint density at radius 3 is 2.63 bits per heavy atom. The Labute approximate surface area is 154 Å². The zero-order valence-electron chi connectivity index (χ0n) is 14.3. The molecule has 1 amide bonds. The molecule has 7 nitrogen and oxygen atoms in total. The van der Waals surface area contributed by atoms with E-state index in [4.69, 9.17) is 11.1 Å². The summed E-state index contributed by atoms with van der Waals surface area (Å²) in [4.78, 5) is 14.9. The van der Waals surface area contributed by atoms with Crippen molar-refractivity contribution in [2.24, 2.45) is 11.7 Å². The predicted octanol–water partition coefficient (Wildman–Crippen LogP) is 2.53. The summed E-state index contributed by atoms with van der Waals surface area (Å²) in [5.74, 6) is -1.48. The Balaban J connectivity index is 2.08. The van der Waals surface area contributed by atoms with Gasteiger partial charge < -0.3 is 16.4 Å². The van der Waals surface area contributed by atoms with Crippen LogP contribution in [0.3, 0.4) is 0 Å². The zero-order valence-corrected chi connectivity index (χ0v) is 14.3. The molecule has 0 bridgehead atoms. The van der Waals surface area contributed by atoms with Crippen molar-refractivity contribution < 1.29 is 18.0 Å². The highest BCUT2D eigenvalue weighted by Gasteiger charge is 2.32. The molecule has 144 valence electrons. The van der Waals surface area contributed by atoms with Crippen molar-refractivity contribution in [3.63, 3.8) is 0 Å². The Hall–Kier alpha value is -3.09. The number of nitrogens with two attached hydrogens (primary N) is 1. The van der Waals surface area contributed by atoms with Crippen LogP contribution in [0.1, 0.15) is 31.4 Å². The van der Waals surface area contributed by atoms with Crippen molar-refractivity contribution in [2.75, 3.05) is 5.32 Å². The van der Waals surface area contributed by atoms with E-state index in [9.17, 15) is 23.2 Å². The molecule has 0 aromatic carbocycles. The highest BCUT2D eigenvalue weighted by molar-refractivity contribution is 6.23.